The van der Waals surface area contributed by atoms with Gasteiger partial charge in [0.2, 0.25) is 0 Å². The van der Waals surface area contributed by atoms with E-state index in [1.807, 2.05) is 12.1 Å². The first-order valence-electron chi connectivity index (χ1n) is 7.82. The fraction of sp³-hybridized carbons (Fsp3) is 0.588. The third-order valence-corrected chi connectivity index (χ3v) is 3.69. The predicted molar refractivity (Wildman–Crippen MR) is 89.8 cm³/mol. The van der Waals surface area contributed by atoms with Gasteiger partial charge in [-0.25, -0.2) is 0 Å². The molecule has 2 N–H and O–H groups in total. The minimum absolute atomic E-state index is 0.487. The Balaban J connectivity index is 2.11. The van der Waals surface area contributed by atoms with Gasteiger partial charge >= 0.3 is 106 Å². The Kier molecular flexibility index (Phi) is 9.44. The molecule has 0 aliphatic heterocycles. The Morgan fingerprint density at radius 1 is 0.950 bits per heavy atom. The van der Waals surface area contributed by atoms with E-state index in [0.29, 0.717) is 4.73 Å². The van der Waals surface area contributed by atoms with Crippen molar-refractivity contribution in [2.45, 2.75) is 64.7 Å². The number of rotatable bonds is 10. The van der Waals surface area contributed by atoms with Gasteiger partial charge in [-0.15, -0.1) is 0 Å². The molecule has 1 radical (unpaired) electrons. The van der Waals surface area contributed by atoms with Gasteiger partial charge in [-0.3, -0.25) is 0 Å². The molecule has 1 rings (SSSR count). The Morgan fingerprint density at radius 2 is 1.50 bits per heavy atom. The number of nitrogens with zero attached hydrogens (tertiary/aromatic N) is 1. The van der Waals surface area contributed by atoms with Crippen molar-refractivity contribution in [1.29, 1.82) is 0 Å². The molecule has 0 saturated heterocycles. The summed E-state index contributed by atoms with van der Waals surface area (Å²) in [5, 5.41) is 0. The molecular formula is C17H27N2Se. The zero-order valence-corrected chi connectivity index (χ0v) is 14.3. The van der Waals surface area contributed by atoms with Gasteiger partial charge in [0.1, 0.15) is 0 Å². The van der Waals surface area contributed by atoms with Crippen LogP contribution >= 0.6 is 0 Å². The van der Waals surface area contributed by atoms with Crippen molar-refractivity contribution in [2.75, 3.05) is 0 Å². The first-order valence-corrected chi connectivity index (χ1v) is 8.68. The predicted octanol–water partition coefficient (Wildman–Crippen LogP) is 4.48. The molecule has 1 aromatic carbocycles. The zero-order valence-electron chi connectivity index (χ0n) is 12.6. The average Bonchev–Trinajstić information content (AvgIpc) is 2.43. The van der Waals surface area contributed by atoms with Gasteiger partial charge < -0.3 is 0 Å². The van der Waals surface area contributed by atoms with Gasteiger partial charge in [-0.1, -0.05) is 26.2 Å². The van der Waals surface area contributed by atoms with Crippen molar-refractivity contribution in [3.63, 3.8) is 0 Å². The van der Waals surface area contributed by atoms with E-state index in [1.54, 1.807) is 0 Å². The molecule has 0 heterocycles. The third-order valence-electron chi connectivity index (χ3n) is 3.49. The van der Waals surface area contributed by atoms with Gasteiger partial charge in [0.05, 0.1) is 0 Å². The number of hydrogen-bond donors (Lipinski definition) is 1. The fourth-order valence-electron chi connectivity index (χ4n) is 2.33. The van der Waals surface area contributed by atoms with Gasteiger partial charge in [0, 0.05) is 0 Å². The molecule has 0 atom stereocenters. The fourth-order valence-corrected chi connectivity index (χ4v) is 2.55. The molecule has 0 saturated carbocycles. The maximum absolute atomic E-state index is 5.51. The molecule has 111 valence electrons. The normalized spacial score (nSPS) is 11.8. The third kappa shape index (κ3) is 8.39. The summed E-state index contributed by atoms with van der Waals surface area (Å²) in [4.78, 5) is 4.18. The van der Waals surface area contributed by atoms with E-state index in [0.717, 1.165) is 5.69 Å². The molecule has 0 fully saturated rings. The average molecular weight is 338 g/mol. The molecule has 20 heavy (non-hydrogen) atoms. The molecule has 0 spiro atoms. The molecule has 0 bridgehead atoms. The number of hydrogen-bond acceptors (Lipinski definition) is 1. The van der Waals surface area contributed by atoms with Crippen LogP contribution < -0.4 is 5.73 Å². The monoisotopic (exact) mass is 339 g/mol. The summed E-state index contributed by atoms with van der Waals surface area (Å²) in [6.07, 6.45) is 12.2. The van der Waals surface area contributed by atoms with E-state index in [4.69, 9.17) is 5.73 Å². The Hall–Kier alpha value is -0.791. The van der Waals surface area contributed by atoms with Crippen molar-refractivity contribution >= 4 is 26.4 Å². The maximum atomic E-state index is 5.51. The molecule has 0 aliphatic carbocycles. The van der Waals surface area contributed by atoms with Crippen LogP contribution in [0, 0.1) is 0 Å². The summed E-state index contributed by atoms with van der Waals surface area (Å²) < 4.78 is 0.487. The van der Waals surface area contributed by atoms with Gasteiger partial charge in [0.15, 0.2) is 0 Å². The summed E-state index contributed by atoms with van der Waals surface area (Å²) in [6.45, 7) is 2.27. The Morgan fingerprint density at radius 3 is 2.05 bits per heavy atom. The standard InChI is InChI=1S/C17H27N2Se/c1-2-3-4-5-6-7-8-9-10-15-11-13-16(14-12-15)19-17(18)20/h11-14H,2-10H2,1H3,(H2,18,19). The number of aliphatic imine (C=N–C) groups is 1. The van der Waals surface area contributed by atoms with Gasteiger partial charge in [-0.05, 0) is 0 Å². The first-order chi connectivity index (χ1) is 9.72. The molecule has 2 nitrogen and oxygen atoms in total. The summed E-state index contributed by atoms with van der Waals surface area (Å²) in [5.74, 6) is 0. The summed E-state index contributed by atoms with van der Waals surface area (Å²) in [6, 6.07) is 8.38. The van der Waals surface area contributed by atoms with Crippen LogP contribution in [-0.4, -0.2) is 20.7 Å². The summed E-state index contributed by atoms with van der Waals surface area (Å²) in [5.41, 5.74) is 7.83. The first kappa shape index (κ1) is 17.3. The molecule has 3 heteroatoms. The minimum atomic E-state index is 0.487. The van der Waals surface area contributed by atoms with Crippen LogP contribution in [0.4, 0.5) is 5.69 Å². The zero-order chi connectivity index (χ0) is 14.6. The van der Waals surface area contributed by atoms with E-state index in [2.05, 4.69) is 40.1 Å². The van der Waals surface area contributed by atoms with Crippen LogP contribution in [0.25, 0.3) is 0 Å². The van der Waals surface area contributed by atoms with Crippen molar-refractivity contribution in [1.82, 2.24) is 0 Å². The van der Waals surface area contributed by atoms with Crippen LogP contribution in [0.15, 0.2) is 29.3 Å². The topological polar surface area (TPSA) is 38.4 Å². The number of unbranched alkanes of at least 4 members (excludes halogenated alkanes) is 7. The van der Waals surface area contributed by atoms with E-state index < -0.39 is 0 Å². The number of aryl methyl sites for hydroxylation is 1. The Bertz CT molecular complexity index is 380. The van der Waals surface area contributed by atoms with Gasteiger partial charge in [-0.2, -0.15) is 0 Å². The molecule has 0 amide bonds. The number of amidine groups is 1. The molecule has 1 aromatic rings. The molecular weight excluding hydrogens is 311 g/mol. The van der Waals surface area contributed by atoms with E-state index in [9.17, 15) is 0 Å². The van der Waals surface area contributed by atoms with Crippen LogP contribution in [0.1, 0.15) is 63.9 Å². The van der Waals surface area contributed by atoms with Crippen molar-refractivity contribution < 1.29 is 0 Å². The van der Waals surface area contributed by atoms with Crippen LogP contribution in [-0.2, 0) is 6.42 Å². The van der Waals surface area contributed by atoms with Crippen molar-refractivity contribution in [3.8, 4) is 0 Å². The van der Waals surface area contributed by atoms with Crippen LogP contribution in [0.3, 0.4) is 0 Å². The Labute approximate surface area is 132 Å². The summed E-state index contributed by atoms with van der Waals surface area (Å²) in [7, 11) is 0. The molecule has 0 aromatic heterocycles. The quantitative estimate of drug-likeness (QED) is 0.290. The molecule has 0 aliphatic rings. The van der Waals surface area contributed by atoms with Crippen molar-refractivity contribution in [2.24, 2.45) is 10.7 Å². The van der Waals surface area contributed by atoms with Crippen molar-refractivity contribution in [3.05, 3.63) is 29.8 Å². The van der Waals surface area contributed by atoms with Gasteiger partial charge in [0.25, 0.3) is 0 Å². The second-order valence-electron chi connectivity index (χ2n) is 5.34. The van der Waals surface area contributed by atoms with E-state index >= 15 is 0 Å². The van der Waals surface area contributed by atoms with Crippen LogP contribution in [0.2, 0.25) is 0 Å². The second-order valence-corrected chi connectivity index (χ2v) is 6.22. The SMILES string of the molecule is CCCCCCCCCCc1ccc(N=C(N)[Se])cc1. The number of benzene rings is 1. The second kappa shape index (κ2) is 10.9. The van der Waals surface area contributed by atoms with Crippen LogP contribution in [0.5, 0.6) is 0 Å². The number of nitrogens with two attached hydrogens (primary N) is 1. The van der Waals surface area contributed by atoms with E-state index in [-0.39, 0.29) is 0 Å². The molecule has 0 unspecified atom stereocenters. The summed E-state index contributed by atoms with van der Waals surface area (Å²) >= 11 is 2.70. The van der Waals surface area contributed by atoms with E-state index in [1.165, 1.54) is 63.4 Å².